The summed E-state index contributed by atoms with van der Waals surface area (Å²) >= 11 is 3.13. The molecule has 2 unspecified atom stereocenters. The topological polar surface area (TPSA) is 61.4 Å². The first kappa shape index (κ1) is 13.5. The van der Waals surface area contributed by atoms with E-state index in [1.165, 1.54) is 12.1 Å². The van der Waals surface area contributed by atoms with Crippen LogP contribution in [0.5, 0.6) is 0 Å². The molecular formula is C12H14BrFN2O2. The van der Waals surface area contributed by atoms with Gasteiger partial charge in [0.05, 0.1) is 11.7 Å². The number of β-amino-alcohol motifs (C(OH)–C–C–N with tert-alkyl or cyclic N) is 1. The number of carbonyl (C=O) groups excluding carboxylic acids is 1. The van der Waals surface area contributed by atoms with Gasteiger partial charge in [-0.25, -0.2) is 4.39 Å². The molecule has 0 saturated carbocycles. The summed E-state index contributed by atoms with van der Waals surface area (Å²) in [6, 6.07) is 4.29. The average molecular weight is 317 g/mol. The number of carbonyl (C=O) groups is 1. The number of aliphatic hydroxyl groups is 1. The lowest BCUT2D eigenvalue weighted by Crippen LogP contribution is -2.34. The zero-order valence-electron chi connectivity index (χ0n) is 9.62. The van der Waals surface area contributed by atoms with Crippen molar-refractivity contribution >= 4 is 21.8 Å². The molecule has 1 heterocycles. The third-order valence-corrected chi connectivity index (χ3v) is 3.50. The number of nitrogens with one attached hydrogen (secondary N) is 2. The molecule has 1 aliphatic rings. The molecule has 1 fully saturated rings. The van der Waals surface area contributed by atoms with Crippen molar-refractivity contribution in [3.8, 4) is 0 Å². The van der Waals surface area contributed by atoms with E-state index in [9.17, 15) is 14.3 Å². The molecule has 0 aliphatic carbocycles. The highest BCUT2D eigenvalue weighted by atomic mass is 79.9. The SMILES string of the molecule is O=C(NCC1CNCC1O)c1ccc(Br)cc1F. The molecule has 98 valence electrons. The normalized spacial score (nSPS) is 23.1. The predicted octanol–water partition coefficient (Wildman–Crippen LogP) is 0.898. The van der Waals surface area contributed by atoms with Crippen molar-refractivity contribution in [2.24, 2.45) is 5.92 Å². The number of hydrogen-bond donors (Lipinski definition) is 3. The van der Waals surface area contributed by atoms with Gasteiger partial charge in [-0.2, -0.15) is 0 Å². The van der Waals surface area contributed by atoms with Crippen LogP contribution in [0.3, 0.4) is 0 Å². The number of hydrogen-bond acceptors (Lipinski definition) is 3. The molecule has 1 aromatic rings. The van der Waals surface area contributed by atoms with Crippen LogP contribution in [0.25, 0.3) is 0 Å². The van der Waals surface area contributed by atoms with E-state index in [1.807, 2.05) is 0 Å². The molecule has 1 aliphatic heterocycles. The van der Waals surface area contributed by atoms with Gasteiger partial charge in [0.2, 0.25) is 0 Å². The fraction of sp³-hybridized carbons (Fsp3) is 0.417. The van der Waals surface area contributed by atoms with Crippen LogP contribution in [0.1, 0.15) is 10.4 Å². The summed E-state index contributed by atoms with van der Waals surface area (Å²) in [5.41, 5.74) is 0.0126. The Hall–Kier alpha value is -0.980. The average Bonchev–Trinajstić information content (AvgIpc) is 2.72. The molecule has 1 aromatic carbocycles. The Kier molecular flexibility index (Phi) is 4.31. The Morgan fingerprint density at radius 1 is 1.56 bits per heavy atom. The van der Waals surface area contributed by atoms with Crippen LogP contribution in [0, 0.1) is 11.7 Å². The van der Waals surface area contributed by atoms with Gasteiger partial charge in [0.1, 0.15) is 5.82 Å². The first-order chi connectivity index (χ1) is 8.58. The van der Waals surface area contributed by atoms with Crippen molar-refractivity contribution in [1.29, 1.82) is 0 Å². The van der Waals surface area contributed by atoms with E-state index < -0.39 is 17.8 Å². The van der Waals surface area contributed by atoms with E-state index >= 15 is 0 Å². The zero-order valence-corrected chi connectivity index (χ0v) is 11.2. The highest BCUT2D eigenvalue weighted by Crippen LogP contribution is 2.15. The third kappa shape index (κ3) is 3.07. The highest BCUT2D eigenvalue weighted by molar-refractivity contribution is 9.10. The smallest absolute Gasteiger partial charge is 0.254 e. The monoisotopic (exact) mass is 316 g/mol. The van der Waals surface area contributed by atoms with Crippen molar-refractivity contribution in [2.75, 3.05) is 19.6 Å². The van der Waals surface area contributed by atoms with Crippen LogP contribution in [0.15, 0.2) is 22.7 Å². The molecule has 0 aromatic heterocycles. The van der Waals surface area contributed by atoms with Crippen LogP contribution in [0.2, 0.25) is 0 Å². The number of halogens is 2. The molecule has 3 N–H and O–H groups in total. The second-order valence-electron chi connectivity index (χ2n) is 4.32. The minimum Gasteiger partial charge on any atom is -0.391 e. The third-order valence-electron chi connectivity index (χ3n) is 3.00. The summed E-state index contributed by atoms with van der Waals surface area (Å²) < 4.78 is 14.1. The second-order valence-corrected chi connectivity index (χ2v) is 5.24. The molecule has 0 bridgehead atoms. The maximum atomic E-state index is 13.5. The van der Waals surface area contributed by atoms with Gasteiger partial charge in [-0.15, -0.1) is 0 Å². The van der Waals surface area contributed by atoms with Crippen LogP contribution in [0.4, 0.5) is 4.39 Å². The Morgan fingerprint density at radius 3 is 2.94 bits per heavy atom. The van der Waals surface area contributed by atoms with Gasteiger partial charge < -0.3 is 15.7 Å². The quantitative estimate of drug-likeness (QED) is 0.776. The van der Waals surface area contributed by atoms with Gasteiger partial charge in [0.15, 0.2) is 0 Å². The van der Waals surface area contributed by atoms with Crippen LogP contribution in [-0.2, 0) is 0 Å². The summed E-state index contributed by atoms with van der Waals surface area (Å²) in [7, 11) is 0. The maximum Gasteiger partial charge on any atom is 0.254 e. The van der Waals surface area contributed by atoms with E-state index in [0.29, 0.717) is 24.1 Å². The molecule has 2 atom stereocenters. The molecule has 6 heteroatoms. The van der Waals surface area contributed by atoms with Crippen molar-refractivity contribution in [2.45, 2.75) is 6.10 Å². The molecule has 1 saturated heterocycles. The van der Waals surface area contributed by atoms with E-state index in [0.717, 1.165) is 0 Å². The fourth-order valence-electron chi connectivity index (χ4n) is 1.92. The first-order valence-corrected chi connectivity index (χ1v) is 6.49. The minimum atomic E-state index is -0.563. The zero-order chi connectivity index (χ0) is 13.1. The fourth-order valence-corrected chi connectivity index (χ4v) is 2.25. The Morgan fingerprint density at radius 2 is 2.33 bits per heavy atom. The van der Waals surface area contributed by atoms with Gasteiger partial charge in [-0.1, -0.05) is 15.9 Å². The molecule has 0 spiro atoms. The van der Waals surface area contributed by atoms with Crippen LogP contribution >= 0.6 is 15.9 Å². The van der Waals surface area contributed by atoms with E-state index in [-0.39, 0.29) is 11.5 Å². The maximum absolute atomic E-state index is 13.5. The van der Waals surface area contributed by atoms with Crippen molar-refractivity contribution in [3.63, 3.8) is 0 Å². The van der Waals surface area contributed by atoms with Gasteiger partial charge in [-0.05, 0) is 18.2 Å². The standard InChI is InChI=1S/C12H14BrFN2O2/c13-8-1-2-9(10(14)3-8)12(18)16-5-7-4-15-6-11(7)17/h1-3,7,11,15,17H,4-6H2,(H,16,18). The summed E-state index contributed by atoms with van der Waals surface area (Å²) in [6.07, 6.45) is -0.458. The van der Waals surface area contributed by atoms with Crippen molar-refractivity contribution < 1.29 is 14.3 Å². The summed E-state index contributed by atoms with van der Waals surface area (Å²) in [6.45, 7) is 1.53. The molecule has 1 amide bonds. The largest absolute Gasteiger partial charge is 0.391 e. The lowest BCUT2D eigenvalue weighted by Gasteiger charge is -2.14. The van der Waals surface area contributed by atoms with Gasteiger partial charge in [0, 0.05) is 30.0 Å². The van der Waals surface area contributed by atoms with Crippen molar-refractivity contribution in [1.82, 2.24) is 10.6 Å². The first-order valence-electron chi connectivity index (χ1n) is 5.70. The van der Waals surface area contributed by atoms with E-state index in [4.69, 9.17) is 0 Å². The molecule has 2 rings (SSSR count). The second kappa shape index (κ2) is 5.77. The van der Waals surface area contributed by atoms with Crippen molar-refractivity contribution in [3.05, 3.63) is 34.1 Å². The van der Waals surface area contributed by atoms with Gasteiger partial charge in [0.25, 0.3) is 5.91 Å². The Balaban J connectivity index is 1.95. The molecular weight excluding hydrogens is 303 g/mol. The molecule has 18 heavy (non-hydrogen) atoms. The number of rotatable bonds is 3. The lowest BCUT2D eigenvalue weighted by molar-refractivity contribution is 0.0923. The highest BCUT2D eigenvalue weighted by Gasteiger charge is 2.25. The van der Waals surface area contributed by atoms with Crippen LogP contribution in [-0.4, -0.2) is 36.8 Å². The van der Waals surface area contributed by atoms with E-state index in [2.05, 4.69) is 26.6 Å². The Bertz CT molecular complexity index is 456. The number of aliphatic hydroxyl groups excluding tert-OH is 1. The molecule has 4 nitrogen and oxygen atoms in total. The number of amides is 1. The van der Waals surface area contributed by atoms with Gasteiger partial charge >= 0.3 is 0 Å². The summed E-state index contributed by atoms with van der Waals surface area (Å²) in [4.78, 5) is 11.8. The predicted molar refractivity (Wildman–Crippen MR) is 68.8 cm³/mol. The minimum absolute atomic E-state index is 0.0126. The van der Waals surface area contributed by atoms with Gasteiger partial charge in [-0.3, -0.25) is 4.79 Å². The summed E-state index contributed by atoms with van der Waals surface area (Å²) in [5.74, 6) is -1.04. The Labute approximate surface area is 113 Å². The lowest BCUT2D eigenvalue weighted by atomic mass is 10.1. The number of benzene rings is 1. The van der Waals surface area contributed by atoms with Crippen LogP contribution < -0.4 is 10.6 Å². The molecule has 0 radical (unpaired) electrons. The van der Waals surface area contributed by atoms with E-state index in [1.54, 1.807) is 6.07 Å². The summed E-state index contributed by atoms with van der Waals surface area (Å²) in [5, 5.41) is 15.2.